The van der Waals surface area contributed by atoms with Gasteiger partial charge >= 0.3 is 0 Å². The van der Waals surface area contributed by atoms with Crippen molar-refractivity contribution in [2.24, 2.45) is 0 Å². The minimum atomic E-state index is -0.303. The van der Waals surface area contributed by atoms with Crippen LogP contribution in [0.25, 0.3) is 11.4 Å². The largest absolute Gasteiger partial charge is 0.497 e. The van der Waals surface area contributed by atoms with Crippen molar-refractivity contribution in [3.63, 3.8) is 0 Å². The standard InChI is InChI=1S/C22H25FN4O3/c1-28-18-6-4-17(5-7-18)22-24-21(30-25-22)15-27-11-9-26(10-12-27)14-16-3-8-20(29-2)19(23)13-16/h3-8,13H,9-12,14-15H2,1-2H3/p+2. The van der Waals surface area contributed by atoms with Gasteiger partial charge in [-0.15, -0.1) is 0 Å². The van der Waals surface area contributed by atoms with Crippen molar-refractivity contribution in [2.75, 3.05) is 40.4 Å². The summed E-state index contributed by atoms with van der Waals surface area (Å²) in [6.45, 7) is 5.58. The van der Waals surface area contributed by atoms with E-state index in [0.29, 0.717) is 18.3 Å². The number of nitrogens with one attached hydrogen (secondary N) is 2. The Morgan fingerprint density at radius 1 is 0.933 bits per heavy atom. The zero-order valence-electron chi connectivity index (χ0n) is 17.3. The van der Waals surface area contributed by atoms with E-state index in [1.807, 2.05) is 30.3 Å². The maximum atomic E-state index is 13.9. The Hall–Kier alpha value is -2.97. The fourth-order valence-electron chi connectivity index (χ4n) is 3.82. The highest BCUT2D eigenvalue weighted by Crippen LogP contribution is 2.19. The molecule has 0 aliphatic carbocycles. The van der Waals surface area contributed by atoms with Crippen LogP contribution in [0.4, 0.5) is 4.39 Å². The summed E-state index contributed by atoms with van der Waals surface area (Å²) in [5.74, 6) is 2.03. The quantitative estimate of drug-likeness (QED) is 0.585. The van der Waals surface area contributed by atoms with E-state index in [9.17, 15) is 4.39 Å². The fourth-order valence-corrected chi connectivity index (χ4v) is 3.82. The van der Waals surface area contributed by atoms with Crippen molar-refractivity contribution in [3.8, 4) is 22.9 Å². The van der Waals surface area contributed by atoms with Crippen molar-refractivity contribution in [1.82, 2.24) is 10.1 Å². The average Bonchev–Trinajstić information content (AvgIpc) is 3.24. The Morgan fingerprint density at radius 3 is 2.27 bits per heavy atom. The number of nitrogens with zero attached hydrogens (tertiary/aromatic N) is 2. The smallest absolute Gasteiger partial charge is 0.282 e. The molecule has 1 aromatic heterocycles. The molecular weight excluding hydrogens is 387 g/mol. The van der Waals surface area contributed by atoms with Crippen LogP contribution in [0.3, 0.4) is 0 Å². The van der Waals surface area contributed by atoms with Crippen LogP contribution in [-0.2, 0) is 13.1 Å². The number of piperazine rings is 1. The second-order valence-corrected chi connectivity index (χ2v) is 7.56. The van der Waals surface area contributed by atoms with Crippen LogP contribution in [-0.4, -0.2) is 50.5 Å². The molecular formula is C22H27FN4O3+2. The number of hydrogen-bond acceptors (Lipinski definition) is 5. The maximum absolute atomic E-state index is 13.9. The molecule has 0 bridgehead atoms. The summed E-state index contributed by atoms with van der Waals surface area (Å²) < 4.78 is 29.5. The van der Waals surface area contributed by atoms with Gasteiger partial charge in [0.15, 0.2) is 18.1 Å². The lowest BCUT2D eigenvalue weighted by molar-refractivity contribution is -1.02. The normalized spacial score (nSPS) is 18.9. The maximum Gasteiger partial charge on any atom is 0.282 e. The number of hydrogen-bond donors (Lipinski definition) is 2. The minimum Gasteiger partial charge on any atom is -0.497 e. The number of methoxy groups -OCH3 is 2. The number of halogens is 1. The molecule has 4 rings (SSSR count). The molecule has 30 heavy (non-hydrogen) atoms. The lowest BCUT2D eigenvalue weighted by atomic mass is 10.2. The lowest BCUT2D eigenvalue weighted by Crippen LogP contribution is -3.27. The highest BCUT2D eigenvalue weighted by molar-refractivity contribution is 5.55. The van der Waals surface area contributed by atoms with Crippen molar-refractivity contribution in [2.45, 2.75) is 13.1 Å². The second-order valence-electron chi connectivity index (χ2n) is 7.56. The van der Waals surface area contributed by atoms with Gasteiger partial charge in [0, 0.05) is 11.1 Å². The molecule has 1 fully saturated rings. The Balaban J connectivity index is 1.28. The molecule has 1 aliphatic rings. The van der Waals surface area contributed by atoms with Crippen LogP contribution in [0.15, 0.2) is 47.0 Å². The summed E-state index contributed by atoms with van der Waals surface area (Å²) in [6, 6.07) is 12.8. The van der Waals surface area contributed by atoms with E-state index in [-0.39, 0.29) is 11.6 Å². The van der Waals surface area contributed by atoms with Crippen molar-refractivity contribution < 1.29 is 28.2 Å². The first kappa shape index (κ1) is 20.3. The van der Waals surface area contributed by atoms with E-state index in [4.69, 9.17) is 14.0 Å². The van der Waals surface area contributed by atoms with Crippen LogP contribution in [0.5, 0.6) is 11.5 Å². The van der Waals surface area contributed by atoms with Gasteiger partial charge in [0.2, 0.25) is 5.82 Å². The number of ether oxygens (including phenoxy) is 2. The van der Waals surface area contributed by atoms with Crippen molar-refractivity contribution in [1.29, 1.82) is 0 Å². The summed E-state index contributed by atoms with van der Waals surface area (Å²) in [7, 11) is 3.12. The predicted molar refractivity (Wildman–Crippen MR) is 108 cm³/mol. The van der Waals surface area contributed by atoms with Gasteiger partial charge < -0.3 is 23.8 Å². The molecule has 1 aliphatic heterocycles. The van der Waals surface area contributed by atoms with Gasteiger partial charge in [-0.2, -0.15) is 4.98 Å². The monoisotopic (exact) mass is 414 g/mol. The molecule has 3 aromatic rings. The van der Waals surface area contributed by atoms with E-state index < -0.39 is 0 Å². The average molecular weight is 414 g/mol. The molecule has 2 heterocycles. The topological polar surface area (TPSA) is 66.3 Å². The third kappa shape index (κ3) is 4.77. The van der Waals surface area contributed by atoms with E-state index in [1.54, 1.807) is 19.2 Å². The zero-order valence-corrected chi connectivity index (χ0v) is 17.3. The van der Waals surface area contributed by atoms with Gasteiger partial charge in [0.25, 0.3) is 5.89 Å². The molecule has 0 atom stereocenters. The molecule has 7 nitrogen and oxygen atoms in total. The van der Waals surface area contributed by atoms with Crippen LogP contribution in [0, 0.1) is 5.82 Å². The van der Waals surface area contributed by atoms with Gasteiger partial charge in [0.1, 0.15) is 38.5 Å². The molecule has 2 N–H and O–H groups in total. The van der Waals surface area contributed by atoms with E-state index >= 15 is 0 Å². The first-order valence-corrected chi connectivity index (χ1v) is 10.1. The van der Waals surface area contributed by atoms with Crippen LogP contribution in [0.1, 0.15) is 11.5 Å². The third-order valence-corrected chi connectivity index (χ3v) is 5.55. The van der Waals surface area contributed by atoms with Gasteiger partial charge in [0.05, 0.1) is 14.2 Å². The summed E-state index contributed by atoms with van der Waals surface area (Å²) in [4.78, 5) is 7.42. The number of quaternary nitrogens is 2. The van der Waals surface area contributed by atoms with Gasteiger partial charge in [-0.3, -0.25) is 0 Å². The molecule has 8 heteroatoms. The van der Waals surface area contributed by atoms with Gasteiger partial charge in [-0.05, 0) is 42.5 Å². The summed E-state index contributed by atoms with van der Waals surface area (Å²) >= 11 is 0. The molecule has 1 saturated heterocycles. The van der Waals surface area contributed by atoms with Crippen molar-refractivity contribution >= 4 is 0 Å². The molecule has 0 amide bonds. The number of benzene rings is 2. The predicted octanol–water partition coefficient (Wildman–Crippen LogP) is 0.377. The molecule has 2 aromatic carbocycles. The first-order valence-electron chi connectivity index (χ1n) is 10.1. The summed E-state index contributed by atoms with van der Waals surface area (Å²) in [5, 5.41) is 4.11. The van der Waals surface area contributed by atoms with Gasteiger partial charge in [-0.25, -0.2) is 4.39 Å². The Morgan fingerprint density at radius 2 is 1.63 bits per heavy atom. The number of aromatic nitrogens is 2. The second kappa shape index (κ2) is 9.23. The molecule has 0 radical (unpaired) electrons. The first-order chi connectivity index (χ1) is 14.6. The molecule has 0 saturated carbocycles. The SMILES string of the molecule is COc1ccc(-c2noc(C[NH+]3CC[NH+](Cc4ccc(OC)c(F)c4)CC3)n2)cc1. The van der Waals surface area contributed by atoms with E-state index in [1.165, 1.54) is 16.9 Å². The Labute approximate surface area is 175 Å². The van der Waals surface area contributed by atoms with Crippen molar-refractivity contribution in [3.05, 3.63) is 59.7 Å². The number of rotatable bonds is 7. The van der Waals surface area contributed by atoms with Gasteiger partial charge in [-0.1, -0.05) is 5.16 Å². The Kier molecular flexibility index (Phi) is 6.25. The third-order valence-electron chi connectivity index (χ3n) is 5.55. The highest BCUT2D eigenvalue weighted by atomic mass is 19.1. The van der Waals surface area contributed by atoms with E-state index in [0.717, 1.165) is 49.6 Å². The van der Waals surface area contributed by atoms with Crippen LogP contribution in [0.2, 0.25) is 0 Å². The van der Waals surface area contributed by atoms with Crippen LogP contribution >= 0.6 is 0 Å². The zero-order chi connectivity index (χ0) is 20.9. The lowest BCUT2D eigenvalue weighted by Gasteiger charge is -2.29. The fraction of sp³-hybridized carbons (Fsp3) is 0.364. The molecule has 0 spiro atoms. The highest BCUT2D eigenvalue weighted by Gasteiger charge is 2.25. The van der Waals surface area contributed by atoms with E-state index in [2.05, 4.69) is 10.1 Å². The molecule has 0 unspecified atom stereocenters. The van der Waals surface area contributed by atoms with Crippen LogP contribution < -0.4 is 19.3 Å². The Bertz CT molecular complexity index is 969. The summed E-state index contributed by atoms with van der Waals surface area (Å²) in [5.41, 5.74) is 1.90. The summed E-state index contributed by atoms with van der Waals surface area (Å²) in [6.07, 6.45) is 0. The minimum absolute atomic E-state index is 0.289. The molecule has 158 valence electrons.